The molecule has 2 N–H and O–H groups in total. The third kappa shape index (κ3) is 4.69. The van der Waals surface area contributed by atoms with Crippen LogP contribution in [0.15, 0.2) is 15.7 Å². The predicted octanol–water partition coefficient (Wildman–Crippen LogP) is 2.81. The number of thioether (sulfide) groups is 1. The van der Waals surface area contributed by atoms with Crippen LogP contribution in [-0.2, 0) is 16.6 Å². The molecule has 120 valence electrons. The highest BCUT2D eigenvalue weighted by Gasteiger charge is 2.31. The molecular weight excluding hydrogens is 324 g/mol. The van der Waals surface area contributed by atoms with Crippen LogP contribution in [0.4, 0.5) is 0 Å². The Morgan fingerprint density at radius 2 is 2.24 bits per heavy atom. The summed E-state index contributed by atoms with van der Waals surface area (Å²) in [6.45, 7) is 3.80. The maximum atomic E-state index is 12.5. The fourth-order valence-electron chi connectivity index (χ4n) is 2.60. The lowest BCUT2D eigenvalue weighted by molar-refractivity contribution is 0.557. The zero-order chi connectivity index (χ0) is 15.3. The predicted molar refractivity (Wildman–Crippen MR) is 91.6 cm³/mol. The van der Waals surface area contributed by atoms with Crippen molar-refractivity contribution in [3.05, 3.63) is 17.0 Å². The van der Waals surface area contributed by atoms with E-state index in [4.69, 9.17) is 0 Å². The van der Waals surface area contributed by atoms with Crippen molar-refractivity contribution in [1.82, 2.24) is 10.0 Å². The maximum Gasteiger partial charge on any atom is 0.250 e. The average Bonchev–Trinajstić information content (AvgIpc) is 3.08. The summed E-state index contributed by atoms with van der Waals surface area (Å²) < 4.78 is 28.3. The molecule has 7 heteroatoms. The topological polar surface area (TPSA) is 58.2 Å². The number of rotatable bonds is 8. The molecular formula is C14H24N2O2S3. The number of sulfonamides is 1. The molecule has 0 bridgehead atoms. The summed E-state index contributed by atoms with van der Waals surface area (Å²) in [4.78, 5) is 0. The van der Waals surface area contributed by atoms with E-state index in [1.165, 1.54) is 11.3 Å². The van der Waals surface area contributed by atoms with Gasteiger partial charge in [-0.15, -0.1) is 11.3 Å². The average molecular weight is 349 g/mol. The summed E-state index contributed by atoms with van der Waals surface area (Å²) in [5, 5.41) is 5.63. The standard InChI is InChI=1S/C14H24N2O2S3/c1-3-7-15-9-11-8-14(20-10-11)21(17,18)16-12-5-4-6-13(12)19-2/h8,10,12-13,15-16H,3-7,9H2,1-2H3. The number of hydrogen-bond donors (Lipinski definition) is 2. The molecule has 1 saturated carbocycles. The van der Waals surface area contributed by atoms with E-state index in [1.54, 1.807) is 17.8 Å². The number of hydrogen-bond acceptors (Lipinski definition) is 5. The van der Waals surface area contributed by atoms with E-state index >= 15 is 0 Å². The highest BCUT2D eigenvalue weighted by molar-refractivity contribution is 7.99. The van der Waals surface area contributed by atoms with Crippen LogP contribution in [0.1, 0.15) is 38.2 Å². The molecule has 0 radical (unpaired) electrons. The zero-order valence-electron chi connectivity index (χ0n) is 12.6. The van der Waals surface area contributed by atoms with Crippen LogP contribution in [-0.4, -0.2) is 32.5 Å². The largest absolute Gasteiger partial charge is 0.313 e. The first-order chi connectivity index (χ1) is 10.1. The van der Waals surface area contributed by atoms with Crippen molar-refractivity contribution in [2.75, 3.05) is 12.8 Å². The van der Waals surface area contributed by atoms with Crippen molar-refractivity contribution in [2.45, 2.75) is 54.7 Å². The molecule has 21 heavy (non-hydrogen) atoms. The second-order valence-corrected chi connectivity index (χ2v) is 9.31. The molecule has 0 spiro atoms. The quantitative estimate of drug-likeness (QED) is 0.709. The van der Waals surface area contributed by atoms with Gasteiger partial charge in [0, 0.05) is 17.8 Å². The smallest absolute Gasteiger partial charge is 0.250 e. The zero-order valence-corrected chi connectivity index (χ0v) is 15.0. The normalized spacial score (nSPS) is 22.8. The molecule has 2 unspecified atom stereocenters. The van der Waals surface area contributed by atoms with Gasteiger partial charge < -0.3 is 5.32 Å². The fraction of sp³-hybridized carbons (Fsp3) is 0.714. The fourth-order valence-corrected chi connectivity index (χ4v) is 6.15. The summed E-state index contributed by atoms with van der Waals surface area (Å²) in [6, 6.07) is 1.87. The minimum atomic E-state index is -3.37. The van der Waals surface area contributed by atoms with Gasteiger partial charge >= 0.3 is 0 Å². The van der Waals surface area contributed by atoms with Crippen LogP contribution in [0.3, 0.4) is 0 Å². The van der Waals surface area contributed by atoms with Crippen molar-refractivity contribution in [2.24, 2.45) is 0 Å². The first kappa shape index (κ1) is 17.3. The van der Waals surface area contributed by atoms with Gasteiger partial charge in [0.15, 0.2) is 0 Å². The third-order valence-electron chi connectivity index (χ3n) is 3.71. The van der Waals surface area contributed by atoms with Gasteiger partial charge in [-0.1, -0.05) is 13.3 Å². The molecule has 0 amide bonds. The van der Waals surface area contributed by atoms with E-state index in [9.17, 15) is 8.42 Å². The molecule has 4 nitrogen and oxygen atoms in total. The minimum absolute atomic E-state index is 0.0776. The first-order valence-corrected chi connectivity index (χ1v) is 11.0. The van der Waals surface area contributed by atoms with Crippen LogP contribution in [0.2, 0.25) is 0 Å². The van der Waals surface area contributed by atoms with E-state index in [2.05, 4.69) is 23.2 Å². The Labute approximate surface area is 136 Å². The maximum absolute atomic E-state index is 12.5. The number of nitrogens with one attached hydrogen (secondary N) is 2. The van der Waals surface area contributed by atoms with Crippen LogP contribution < -0.4 is 10.0 Å². The summed E-state index contributed by atoms with van der Waals surface area (Å²) in [5.41, 5.74) is 1.04. The molecule has 1 aromatic rings. The lowest BCUT2D eigenvalue weighted by Gasteiger charge is -2.18. The Morgan fingerprint density at radius 1 is 1.43 bits per heavy atom. The first-order valence-electron chi connectivity index (χ1n) is 7.40. The molecule has 0 saturated heterocycles. The Morgan fingerprint density at radius 3 is 2.95 bits per heavy atom. The minimum Gasteiger partial charge on any atom is -0.313 e. The van der Waals surface area contributed by atoms with Gasteiger partial charge in [-0.25, -0.2) is 13.1 Å². The van der Waals surface area contributed by atoms with Crippen molar-refractivity contribution in [3.63, 3.8) is 0 Å². The second-order valence-electron chi connectivity index (χ2n) is 5.38. The molecule has 2 rings (SSSR count). The Balaban J connectivity index is 1.99. The van der Waals surface area contributed by atoms with Crippen LogP contribution in [0.25, 0.3) is 0 Å². The molecule has 0 aliphatic heterocycles. The second kappa shape index (κ2) is 7.97. The van der Waals surface area contributed by atoms with Gasteiger partial charge in [-0.3, -0.25) is 0 Å². The molecule has 0 aromatic carbocycles. The van der Waals surface area contributed by atoms with Crippen molar-refractivity contribution in [1.29, 1.82) is 0 Å². The van der Waals surface area contributed by atoms with Crippen LogP contribution in [0, 0.1) is 0 Å². The van der Waals surface area contributed by atoms with Crippen molar-refractivity contribution < 1.29 is 8.42 Å². The molecule has 1 heterocycles. The number of thiophene rings is 1. The summed E-state index contributed by atoms with van der Waals surface area (Å²) >= 11 is 3.07. The van der Waals surface area contributed by atoms with E-state index in [0.29, 0.717) is 9.46 Å². The molecule has 1 fully saturated rings. The monoisotopic (exact) mass is 348 g/mol. The SMILES string of the molecule is CCCNCc1csc(S(=O)(=O)NC2CCCC2SC)c1. The van der Waals surface area contributed by atoms with Gasteiger partial charge in [0.1, 0.15) is 4.21 Å². The molecule has 1 aliphatic carbocycles. The van der Waals surface area contributed by atoms with Gasteiger partial charge in [0.05, 0.1) is 0 Å². The summed E-state index contributed by atoms with van der Waals surface area (Å²) in [5.74, 6) is 0. The van der Waals surface area contributed by atoms with Crippen LogP contribution in [0.5, 0.6) is 0 Å². The van der Waals surface area contributed by atoms with Gasteiger partial charge in [-0.2, -0.15) is 11.8 Å². The van der Waals surface area contributed by atoms with Crippen LogP contribution >= 0.6 is 23.1 Å². The van der Waals surface area contributed by atoms with E-state index < -0.39 is 10.0 Å². The third-order valence-corrected chi connectivity index (χ3v) is 7.86. The highest BCUT2D eigenvalue weighted by Crippen LogP contribution is 2.30. The lowest BCUT2D eigenvalue weighted by Crippen LogP contribution is -2.38. The van der Waals surface area contributed by atoms with E-state index in [0.717, 1.165) is 44.3 Å². The molecule has 2 atom stereocenters. The van der Waals surface area contributed by atoms with Crippen molar-refractivity contribution >= 4 is 33.1 Å². The van der Waals surface area contributed by atoms with Gasteiger partial charge in [0.2, 0.25) is 10.0 Å². The van der Waals surface area contributed by atoms with Crippen molar-refractivity contribution in [3.8, 4) is 0 Å². The summed E-state index contributed by atoms with van der Waals surface area (Å²) in [7, 11) is -3.37. The van der Waals surface area contributed by atoms with E-state index in [-0.39, 0.29) is 6.04 Å². The lowest BCUT2D eigenvalue weighted by atomic mass is 10.3. The Bertz CT molecular complexity index is 542. The molecule has 1 aliphatic rings. The Kier molecular flexibility index (Phi) is 6.55. The van der Waals surface area contributed by atoms with Gasteiger partial charge in [0.25, 0.3) is 0 Å². The van der Waals surface area contributed by atoms with Gasteiger partial charge in [-0.05, 0) is 49.1 Å². The molecule has 1 aromatic heterocycles. The highest BCUT2D eigenvalue weighted by atomic mass is 32.2. The van der Waals surface area contributed by atoms with E-state index in [1.807, 2.05) is 5.38 Å². The summed E-state index contributed by atoms with van der Waals surface area (Å²) in [6.07, 6.45) is 6.29. The Hall–Kier alpha value is -0.0800.